The van der Waals surface area contributed by atoms with Gasteiger partial charge in [0.1, 0.15) is 5.75 Å². The van der Waals surface area contributed by atoms with E-state index in [2.05, 4.69) is 43.9 Å². The Hall–Kier alpha value is -2.74. The van der Waals surface area contributed by atoms with Crippen LogP contribution in [-0.4, -0.2) is 43.2 Å². The minimum absolute atomic E-state index is 0.0277. The van der Waals surface area contributed by atoms with Crippen molar-refractivity contribution in [1.29, 1.82) is 0 Å². The molecule has 0 radical (unpaired) electrons. The summed E-state index contributed by atoms with van der Waals surface area (Å²) >= 11 is 0. The van der Waals surface area contributed by atoms with Gasteiger partial charge in [0.05, 0.1) is 19.2 Å². The van der Waals surface area contributed by atoms with E-state index in [1.807, 2.05) is 24.3 Å². The Kier molecular flexibility index (Phi) is 7.18. The number of aromatic amines is 1. The first kappa shape index (κ1) is 24.0. The number of ether oxygens (including phenoxy) is 1. The Morgan fingerprint density at radius 2 is 1.83 bits per heavy atom. The highest BCUT2D eigenvalue weighted by Crippen LogP contribution is 2.38. The molecule has 2 saturated carbocycles. The molecule has 2 aromatic heterocycles. The fourth-order valence-electron chi connectivity index (χ4n) is 6.17. The largest absolute Gasteiger partial charge is 0.497 e. The topological polar surface area (TPSA) is 88.9 Å². The molecule has 1 N–H and O–H groups in total. The van der Waals surface area contributed by atoms with Crippen molar-refractivity contribution in [2.24, 2.45) is 5.92 Å². The lowest BCUT2D eigenvalue weighted by Gasteiger charge is -2.38. The summed E-state index contributed by atoms with van der Waals surface area (Å²) < 4.78 is 7.53. The van der Waals surface area contributed by atoms with Crippen molar-refractivity contribution in [3.63, 3.8) is 0 Å². The van der Waals surface area contributed by atoms with Crippen molar-refractivity contribution in [2.75, 3.05) is 7.11 Å². The SMILES string of the molecule is COc1ccc2[nH]c(=O)c(CN(C3CCCC3)[C@H](c3nnnn3C3CCCCC3)C(C)C)cc2c1. The maximum absolute atomic E-state index is 13.2. The predicted molar refractivity (Wildman–Crippen MR) is 136 cm³/mol. The molecule has 1 atom stereocenters. The van der Waals surface area contributed by atoms with Crippen LogP contribution in [0.2, 0.25) is 0 Å². The van der Waals surface area contributed by atoms with Gasteiger partial charge in [-0.1, -0.05) is 46.0 Å². The highest BCUT2D eigenvalue weighted by atomic mass is 16.5. The quantitative estimate of drug-likeness (QED) is 0.480. The predicted octanol–water partition coefficient (Wildman–Crippen LogP) is 5.17. The molecule has 0 aliphatic heterocycles. The number of hydrogen-bond acceptors (Lipinski definition) is 6. The zero-order valence-corrected chi connectivity index (χ0v) is 21.2. The fraction of sp³-hybridized carbons (Fsp3) is 0.630. The van der Waals surface area contributed by atoms with Crippen LogP contribution in [0, 0.1) is 5.92 Å². The molecule has 1 aromatic carbocycles. The van der Waals surface area contributed by atoms with E-state index >= 15 is 0 Å². The fourth-order valence-corrected chi connectivity index (χ4v) is 6.17. The van der Waals surface area contributed by atoms with Gasteiger partial charge in [-0.3, -0.25) is 9.69 Å². The number of nitrogens with zero attached hydrogens (tertiary/aromatic N) is 5. The molecule has 2 aliphatic carbocycles. The maximum Gasteiger partial charge on any atom is 0.252 e. The van der Waals surface area contributed by atoms with Crippen molar-refractivity contribution in [3.8, 4) is 5.75 Å². The van der Waals surface area contributed by atoms with E-state index in [1.54, 1.807) is 7.11 Å². The van der Waals surface area contributed by atoms with Gasteiger partial charge in [0.15, 0.2) is 5.82 Å². The summed E-state index contributed by atoms with van der Waals surface area (Å²) in [5, 5.41) is 14.2. The second-order valence-electron chi connectivity index (χ2n) is 10.6. The van der Waals surface area contributed by atoms with E-state index in [9.17, 15) is 4.79 Å². The van der Waals surface area contributed by atoms with Crippen LogP contribution >= 0.6 is 0 Å². The molecular formula is C27H38N6O2. The third-order valence-corrected chi connectivity index (χ3v) is 7.97. The number of benzene rings is 1. The summed E-state index contributed by atoms with van der Waals surface area (Å²) in [6.07, 6.45) is 10.8. The van der Waals surface area contributed by atoms with Crippen LogP contribution in [0.3, 0.4) is 0 Å². The number of pyridine rings is 1. The highest BCUT2D eigenvalue weighted by molar-refractivity contribution is 5.80. The number of H-pyrrole nitrogens is 1. The molecule has 0 amide bonds. The van der Waals surface area contributed by atoms with Gasteiger partial charge >= 0.3 is 0 Å². The number of fused-ring (bicyclic) bond motifs is 1. The molecule has 188 valence electrons. The Balaban J connectivity index is 1.53. The van der Waals surface area contributed by atoms with Crippen molar-refractivity contribution >= 4 is 10.9 Å². The molecule has 35 heavy (non-hydrogen) atoms. The van der Waals surface area contributed by atoms with E-state index < -0.39 is 0 Å². The minimum Gasteiger partial charge on any atom is -0.497 e. The summed E-state index contributed by atoms with van der Waals surface area (Å²) in [6.45, 7) is 5.08. The third-order valence-electron chi connectivity index (χ3n) is 7.97. The van der Waals surface area contributed by atoms with Gasteiger partial charge in [0.2, 0.25) is 0 Å². The van der Waals surface area contributed by atoms with Gasteiger partial charge in [-0.25, -0.2) is 4.68 Å². The van der Waals surface area contributed by atoms with Gasteiger partial charge < -0.3 is 9.72 Å². The van der Waals surface area contributed by atoms with Crippen LogP contribution < -0.4 is 10.3 Å². The number of nitrogens with one attached hydrogen (secondary N) is 1. The number of tetrazole rings is 1. The molecule has 8 heteroatoms. The van der Waals surface area contributed by atoms with Gasteiger partial charge in [-0.2, -0.15) is 0 Å². The molecule has 5 rings (SSSR count). The van der Waals surface area contributed by atoms with Crippen LogP contribution in [0.25, 0.3) is 10.9 Å². The lowest BCUT2D eigenvalue weighted by Crippen LogP contribution is -2.41. The zero-order chi connectivity index (χ0) is 24.4. The van der Waals surface area contributed by atoms with E-state index in [0.29, 0.717) is 24.5 Å². The van der Waals surface area contributed by atoms with Crippen LogP contribution in [0.15, 0.2) is 29.1 Å². The smallest absolute Gasteiger partial charge is 0.252 e. The first-order valence-electron chi connectivity index (χ1n) is 13.3. The molecule has 0 unspecified atom stereocenters. The lowest BCUT2D eigenvalue weighted by atomic mass is 9.94. The molecule has 0 bridgehead atoms. The zero-order valence-electron chi connectivity index (χ0n) is 21.2. The highest BCUT2D eigenvalue weighted by Gasteiger charge is 2.36. The normalized spacial score (nSPS) is 18.7. The van der Waals surface area contributed by atoms with Crippen molar-refractivity contribution in [1.82, 2.24) is 30.1 Å². The minimum atomic E-state index is -0.0277. The van der Waals surface area contributed by atoms with E-state index in [4.69, 9.17) is 4.74 Å². The average molecular weight is 479 g/mol. The summed E-state index contributed by atoms with van der Waals surface area (Å²) in [5.41, 5.74) is 1.58. The van der Waals surface area contributed by atoms with Gasteiger partial charge in [0, 0.05) is 29.1 Å². The molecule has 2 heterocycles. The van der Waals surface area contributed by atoms with E-state index in [1.165, 1.54) is 32.1 Å². The summed E-state index contributed by atoms with van der Waals surface area (Å²) in [6, 6.07) is 8.64. The summed E-state index contributed by atoms with van der Waals surface area (Å²) in [7, 11) is 1.67. The maximum atomic E-state index is 13.2. The summed E-state index contributed by atoms with van der Waals surface area (Å²) in [5.74, 6) is 2.05. The van der Waals surface area contributed by atoms with Gasteiger partial charge in [-0.05, 0) is 66.3 Å². The number of aromatic nitrogens is 5. The molecule has 8 nitrogen and oxygen atoms in total. The van der Waals surface area contributed by atoms with Gasteiger partial charge in [-0.15, -0.1) is 5.10 Å². The second-order valence-corrected chi connectivity index (χ2v) is 10.6. The number of methoxy groups -OCH3 is 1. The summed E-state index contributed by atoms with van der Waals surface area (Å²) in [4.78, 5) is 18.8. The molecule has 2 fully saturated rings. The third kappa shape index (κ3) is 4.99. The van der Waals surface area contributed by atoms with Crippen molar-refractivity contribution < 1.29 is 4.74 Å². The van der Waals surface area contributed by atoms with Crippen LogP contribution in [0.1, 0.15) is 95.1 Å². The monoisotopic (exact) mass is 478 g/mol. The average Bonchev–Trinajstić information content (AvgIpc) is 3.57. The van der Waals surface area contributed by atoms with E-state index in [-0.39, 0.29) is 11.6 Å². The number of hydrogen-bond donors (Lipinski definition) is 1. The first-order chi connectivity index (χ1) is 17.0. The Morgan fingerprint density at radius 3 is 2.54 bits per heavy atom. The second kappa shape index (κ2) is 10.5. The Bertz CT molecular complexity index is 1190. The van der Waals surface area contributed by atoms with Crippen molar-refractivity contribution in [2.45, 2.75) is 96.3 Å². The van der Waals surface area contributed by atoms with E-state index in [0.717, 1.165) is 53.7 Å². The lowest BCUT2D eigenvalue weighted by molar-refractivity contribution is 0.0815. The van der Waals surface area contributed by atoms with Crippen LogP contribution in [0.4, 0.5) is 0 Å². The number of rotatable bonds is 8. The van der Waals surface area contributed by atoms with Gasteiger partial charge in [0.25, 0.3) is 5.56 Å². The Morgan fingerprint density at radius 1 is 1.09 bits per heavy atom. The molecular weight excluding hydrogens is 440 g/mol. The molecule has 2 aliphatic rings. The standard InChI is InChI=1S/C27H38N6O2/c1-18(2)25(26-29-30-31-33(26)22-11-5-4-6-12-22)32(21-9-7-8-10-21)17-20-15-19-16-23(35-3)13-14-24(19)28-27(20)34/h13-16,18,21-22,25H,4-12,17H2,1-3H3,(H,28,34)/t25-/m0/s1. The van der Waals surface area contributed by atoms with Crippen molar-refractivity contribution in [3.05, 3.63) is 46.0 Å². The molecule has 0 spiro atoms. The Labute approximate surface area is 207 Å². The van der Waals surface area contributed by atoms with Crippen LogP contribution in [-0.2, 0) is 6.54 Å². The first-order valence-corrected chi connectivity index (χ1v) is 13.3. The molecule has 0 saturated heterocycles. The van der Waals surface area contributed by atoms with Crippen LogP contribution in [0.5, 0.6) is 5.75 Å². The molecule has 3 aromatic rings.